The molecule has 1 aliphatic carbocycles. The van der Waals surface area contributed by atoms with Crippen LogP contribution in [0.15, 0.2) is 0 Å². The molecule has 0 heterocycles. The quantitative estimate of drug-likeness (QED) is 0.636. The Morgan fingerprint density at radius 1 is 1.58 bits per heavy atom. The van der Waals surface area contributed by atoms with Crippen molar-refractivity contribution in [3.63, 3.8) is 0 Å². The summed E-state index contributed by atoms with van der Waals surface area (Å²) in [5.74, 6) is -0.253. The lowest BCUT2D eigenvalue weighted by molar-refractivity contribution is -0.136. The SMILES string of the molecule is C[C@H]1C[C@H]1C(=O)NCCC(=O)O. The second-order valence-electron chi connectivity index (χ2n) is 3.25. The number of aliphatic carboxylic acids is 1. The van der Waals surface area contributed by atoms with Crippen molar-refractivity contribution in [2.75, 3.05) is 6.54 Å². The van der Waals surface area contributed by atoms with E-state index in [0.717, 1.165) is 6.42 Å². The summed E-state index contributed by atoms with van der Waals surface area (Å²) in [4.78, 5) is 21.2. The predicted molar refractivity (Wildman–Crippen MR) is 42.5 cm³/mol. The van der Waals surface area contributed by atoms with Crippen molar-refractivity contribution in [1.82, 2.24) is 5.32 Å². The molecule has 4 heteroatoms. The first-order valence-electron chi connectivity index (χ1n) is 4.10. The van der Waals surface area contributed by atoms with Gasteiger partial charge in [-0.3, -0.25) is 9.59 Å². The van der Waals surface area contributed by atoms with Gasteiger partial charge in [0.05, 0.1) is 6.42 Å². The standard InChI is InChI=1S/C8H13NO3/c1-5-4-6(5)8(12)9-3-2-7(10)11/h5-6H,2-4H2,1H3,(H,9,12)(H,10,11)/t5-,6+/m0/s1. The van der Waals surface area contributed by atoms with E-state index in [1.807, 2.05) is 6.92 Å². The average Bonchev–Trinajstić information content (AvgIpc) is 2.66. The first-order valence-corrected chi connectivity index (χ1v) is 4.10. The average molecular weight is 171 g/mol. The number of carbonyl (C=O) groups is 2. The van der Waals surface area contributed by atoms with Crippen LogP contribution in [0.5, 0.6) is 0 Å². The van der Waals surface area contributed by atoms with Gasteiger partial charge >= 0.3 is 5.97 Å². The second kappa shape index (κ2) is 3.56. The zero-order chi connectivity index (χ0) is 9.14. The number of rotatable bonds is 4. The summed E-state index contributed by atoms with van der Waals surface area (Å²) < 4.78 is 0. The van der Waals surface area contributed by atoms with Gasteiger partial charge in [0.25, 0.3) is 0 Å². The van der Waals surface area contributed by atoms with Crippen LogP contribution in [0.25, 0.3) is 0 Å². The molecule has 0 spiro atoms. The maximum absolute atomic E-state index is 11.1. The van der Waals surface area contributed by atoms with Gasteiger partial charge < -0.3 is 10.4 Å². The van der Waals surface area contributed by atoms with Crippen molar-refractivity contribution in [3.8, 4) is 0 Å². The number of amides is 1. The molecule has 1 saturated carbocycles. The Morgan fingerprint density at radius 2 is 2.17 bits per heavy atom. The van der Waals surface area contributed by atoms with Crippen LogP contribution < -0.4 is 5.32 Å². The Kier molecular flexibility index (Phi) is 2.68. The summed E-state index contributed by atoms with van der Waals surface area (Å²) >= 11 is 0. The zero-order valence-corrected chi connectivity index (χ0v) is 7.04. The van der Waals surface area contributed by atoms with Crippen LogP contribution in [0.1, 0.15) is 19.8 Å². The third kappa shape index (κ3) is 2.53. The Bertz CT molecular complexity index is 202. The molecule has 0 saturated heterocycles. The van der Waals surface area contributed by atoms with Gasteiger partial charge in [0, 0.05) is 12.5 Å². The molecule has 2 atom stereocenters. The van der Waals surface area contributed by atoms with Gasteiger partial charge in [-0.15, -0.1) is 0 Å². The maximum Gasteiger partial charge on any atom is 0.305 e. The smallest absolute Gasteiger partial charge is 0.305 e. The van der Waals surface area contributed by atoms with E-state index >= 15 is 0 Å². The number of carboxylic acids is 1. The van der Waals surface area contributed by atoms with Crippen LogP contribution in [-0.2, 0) is 9.59 Å². The van der Waals surface area contributed by atoms with Crippen LogP contribution in [-0.4, -0.2) is 23.5 Å². The van der Waals surface area contributed by atoms with E-state index in [2.05, 4.69) is 5.32 Å². The van der Waals surface area contributed by atoms with Crippen LogP contribution in [0.4, 0.5) is 0 Å². The van der Waals surface area contributed by atoms with E-state index < -0.39 is 5.97 Å². The fraction of sp³-hybridized carbons (Fsp3) is 0.750. The van der Waals surface area contributed by atoms with Crippen LogP contribution in [0.3, 0.4) is 0 Å². The molecule has 12 heavy (non-hydrogen) atoms. The van der Waals surface area contributed by atoms with Crippen molar-refractivity contribution < 1.29 is 14.7 Å². The molecule has 4 nitrogen and oxygen atoms in total. The van der Waals surface area contributed by atoms with Crippen molar-refractivity contribution >= 4 is 11.9 Å². The van der Waals surface area contributed by atoms with E-state index in [1.165, 1.54) is 0 Å². The summed E-state index contributed by atoms with van der Waals surface area (Å²) in [7, 11) is 0. The minimum Gasteiger partial charge on any atom is -0.481 e. The van der Waals surface area contributed by atoms with Gasteiger partial charge in [-0.25, -0.2) is 0 Å². The fourth-order valence-electron chi connectivity index (χ4n) is 1.11. The minimum absolute atomic E-state index is 0.00347. The number of carbonyl (C=O) groups excluding carboxylic acids is 1. The first-order chi connectivity index (χ1) is 5.61. The third-order valence-electron chi connectivity index (χ3n) is 2.08. The maximum atomic E-state index is 11.1. The summed E-state index contributed by atoms with van der Waals surface area (Å²) in [6.07, 6.45) is 0.950. The molecule has 1 rings (SSSR count). The van der Waals surface area contributed by atoms with Gasteiger partial charge in [-0.2, -0.15) is 0 Å². The highest BCUT2D eigenvalue weighted by atomic mass is 16.4. The number of hydrogen-bond acceptors (Lipinski definition) is 2. The topological polar surface area (TPSA) is 66.4 Å². The van der Waals surface area contributed by atoms with Crippen molar-refractivity contribution in [3.05, 3.63) is 0 Å². The van der Waals surface area contributed by atoms with Gasteiger partial charge in [0.1, 0.15) is 0 Å². The predicted octanol–water partition coefficient (Wildman–Crippen LogP) is 0.233. The molecule has 0 radical (unpaired) electrons. The Hall–Kier alpha value is -1.06. The lowest BCUT2D eigenvalue weighted by Crippen LogP contribution is -2.27. The number of hydrogen-bond donors (Lipinski definition) is 2. The number of nitrogens with one attached hydrogen (secondary N) is 1. The Balaban J connectivity index is 2.07. The zero-order valence-electron chi connectivity index (χ0n) is 7.04. The van der Waals surface area contributed by atoms with E-state index in [1.54, 1.807) is 0 Å². The fourth-order valence-corrected chi connectivity index (χ4v) is 1.11. The highest BCUT2D eigenvalue weighted by Gasteiger charge is 2.38. The molecular formula is C8H13NO3. The first kappa shape index (κ1) is 9.03. The lowest BCUT2D eigenvalue weighted by atomic mass is 10.3. The summed E-state index contributed by atoms with van der Waals surface area (Å²) in [5.41, 5.74) is 0. The summed E-state index contributed by atoms with van der Waals surface area (Å²) in [6, 6.07) is 0. The van der Waals surface area contributed by atoms with Crippen molar-refractivity contribution in [2.45, 2.75) is 19.8 Å². The van der Waals surface area contributed by atoms with E-state index in [0.29, 0.717) is 5.92 Å². The largest absolute Gasteiger partial charge is 0.481 e. The molecule has 0 unspecified atom stereocenters. The van der Waals surface area contributed by atoms with Crippen LogP contribution in [0.2, 0.25) is 0 Å². The molecule has 0 bridgehead atoms. The van der Waals surface area contributed by atoms with Gasteiger partial charge in [0.15, 0.2) is 0 Å². The monoisotopic (exact) mass is 171 g/mol. The van der Waals surface area contributed by atoms with Crippen LogP contribution in [0, 0.1) is 11.8 Å². The molecule has 0 aromatic heterocycles. The molecule has 2 N–H and O–H groups in total. The summed E-state index contributed by atoms with van der Waals surface area (Å²) in [6.45, 7) is 2.26. The molecule has 0 aliphatic heterocycles. The molecule has 0 aromatic rings. The molecule has 68 valence electrons. The number of carboxylic acid groups (broad SMARTS) is 1. The van der Waals surface area contributed by atoms with Crippen molar-refractivity contribution in [2.24, 2.45) is 11.8 Å². The summed E-state index contributed by atoms with van der Waals surface area (Å²) in [5, 5.41) is 10.9. The normalized spacial score (nSPS) is 26.4. The second-order valence-corrected chi connectivity index (χ2v) is 3.25. The molecule has 1 amide bonds. The molecule has 1 aliphatic rings. The highest BCUT2D eigenvalue weighted by Crippen LogP contribution is 2.37. The van der Waals surface area contributed by atoms with E-state index in [4.69, 9.17) is 5.11 Å². The van der Waals surface area contributed by atoms with Gasteiger partial charge in [-0.05, 0) is 12.3 Å². The van der Waals surface area contributed by atoms with E-state index in [9.17, 15) is 9.59 Å². The molecular weight excluding hydrogens is 158 g/mol. The molecule has 1 fully saturated rings. The van der Waals surface area contributed by atoms with Gasteiger partial charge in [0.2, 0.25) is 5.91 Å². The Labute approximate surface area is 71.0 Å². The Morgan fingerprint density at radius 3 is 2.58 bits per heavy atom. The third-order valence-corrected chi connectivity index (χ3v) is 2.08. The lowest BCUT2D eigenvalue weighted by Gasteiger charge is -2.00. The molecule has 0 aromatic carbocycles. The minimum atomic E-state index is -0.876. The van der Waals surface area contributed by atoms with E-state index in [-0.39, 0.29) is 24.8 Å². The van der Waals surface area contributed by atoms with Crippen molar-refractivity contribution in [1.29, 1.82) is 0 Å². The van der Waals surface area contributed by atoms with Crippen LogP contribution >= 0.6 is 0 Å². The highest BCUT2D eigenvalue weighted by molar-refractivity contribution is 5.81. The van der Waals surface area contributed by atoms with Gasteiger partial charge in [-0.1, -0.05) is 6.92 Å².